The molecule has 5 heteroatoms. The molecule has 0 unspecified atom stereocenters. The number of nitrogens with one attached hydrogen (secondary N) is 1. The van der Waals surface area contributed by atoms with E-state index in [1.54, 1.807) is 6.07 Å². The Kier molecular flexibility index (Phi) is 3.54. The lowest BCUT2D eigenvalue weighted by Gasteiger charge is -2.05. The summed E-state index contributed by atoms with van der Waals surface area (Å²) in [4.78, 5) is 8.64. The van der Waals surface area contributed by atoms with E-state index in [0.29, 0.717) is 11.4 Å². The van der Waals surface area contributed by atoms with E-state index in [2.05, 4.69) is 10.5 Å². The average Bonchev–Trinajstić information content (AvgIpc) is 2.08. The summed E-state index contributed by atoms with van der Waals surface area (Å²) in [5.41, 5.74) is 9.25. The Hall–Kier alpha value is -1.26. The van der Waals surface area contributed by atoms with Gasteiger partial charge >= 0.3 is 0 Å². The highest BCUT2D eigenvalue weighted by molar-refractivity contribution is 6.64. The number of hydrogen-bond donors (Lipinski definition) is 2. The number of amidine groups is 1. The van der Waals surface area contributed by atoms with E-state index in [9.17, 15) is 0 Å². The average molecular weight is 200 g/mol. The Labute approximate surface area is 81.3 Å². The second-order valence-electron chi connectivity index (χ2n) is 2.26. The molecule has 0 saturated heterocycles. The van der Waals surface area contributed by atoms with Crippen molar-refractivity contribution in [1.29, 1.82) is 0 Å². The molecule has 0 amide bonds. The molecule has 0 bridgehead atoms. The number of halogens is 1. The summed E-state index contributed by atoms with van der Waals surface area (Å²) in [6.45, 7) is 0. The molecule has 0 spiro atoms. The summed E-state index contributed by atoms with van der Waals surface area (Å²) in [5, 5.41) is -0.00893. The van der Waals surface area contributed by atoms with Crippen molar-refractivity contribution in [1.82, 2.24) is 0 Å². The maximum Gasteiger partial charge on any atom is 0.193 e. The molecule has 0 saturated carbocycles. The second-order valence-corrected chi connectivity index (χ2v) is 2.65. The first-order valence-corrected chi connectivity index (χ1v) is 3.99. The monoisotopic (exact) mass is 199 g/mol. The molecule has 1 rings (SSSR count). The first kappa shape index (κ1) is 9.83. The molecule has 0 radical (unpaired) electrons. The Balaban J connectivity index is 2.97. The minimum Gasteiger partial charge on any atom is -0.374 e. The minimum absolute atomic E-state index is 0.00893. The number of aliphatic imine (C=N–C) groups is 1. The van der Waals surface area contributed by atoms with E-state index in [1.165, 1.54) is 7.11 Å². The summed E-state index contributed by atoms with van der Waals surface area (Å²) < 4.78 is 0. The van der Waals surface area contributed by atoms with Gasteiger partial charge in [0.05, 0.1) is 18.5 Å². The molecular weight excluding hydrogens is 190 g/mol. The number of para-hydroxylation sites is 2. The quantitative estimate of drug-likeness (QED) is 0.338. The first-order valence-electron chi connectivity index (χ1n) is 3.61. The maximum atomic E-state index is 5.44. The van der Waals surface area contributed by atoms with Gasteiger partial charge in [-0.1, -0.05) is 12.1 Å². The highest BCUT2D eigenvalue weighted by Crippen LogP contribution is 2.24. The van der Waals surface area contributed by atoms with Crippen molar-refractivity contribution < 1.29 is 4.84 Å². The van der Waals surface area contributed by atoms with Crippen molar-refractivity contribution in [3.63, 3.8) is 0 Å². The van der Waals surface area contributed by atoms with Gasteiger partial charge in [0.2, 0.25) is 0 Å². The van der Waals surface area contributed by atoms with Crippen molar-refractivity contribution in [2.45, 2.75) is 0 Å². The number of anilines is 1. The molecule has 3 N–H and O–H groups in total. The van der Waals surface area contributed by atoms with Crippen LogP contribution in [0.1, 0.15) is 0 Å². The number of hydrogen-bond acceptors (Lipinski definition) is 3. The van der Waals surface area contributed by atoms with E-state index < -0.39 is 0 Å². The fourth-order valence-corrected chi connectivity index (χ4v) is 0.974. The smallest absolute Gasteiger partial charge is 0.193 e. The standard InChI is InChI=1S/C8H10ClN3O/c1-13-12-7-5-3-2-4-6(7)11-8(9)10/h2-5,12H,1H3,(H2,10,11). The highest BCUT2D eigenvalue weighted by Gasteiger charge is 1.98. The zero-order chi connectivity index (χ0) is 9.68. The normalized spacial score (nSPS) is 11.4. The molecule has 70 valence electrons. The predicted octanol–water partition coefficient (Wildman–Crippen LogP) is 1.84. The fourth-order valence-electron chi connectivity index (χ4n) is 0.882. The van der Waals surface area contributed by atoms with Crippen LogP contribution in [0, 0.1) is 0 Å². The first-order chi connectivity index (χ1) is 6.24. The van der Waals surface area contributed by atoms with Crippen LogP contribution in [0.5, 0.6) is 0 Å². The van der Waals surface area contributed by atoms with Crippen LogP contribution in [0.2, 0.25) is 0 Å². The van der Waals surface area contributed by atoms with Crippen molar-refractivity contribution in [2.75, 3.05) is 12.6 Å². The van der Waals surface area contributed by atoms with Crippen LogP contribution in [-0.2, 0) is 4.84 Å². The Bertz CT molecular complexity index is 310. The van der Waals surface area contributed by atoms with Gasteiger partial charge in [0.1, 0.15) is 0 Å². The van der Waals surface area contributed by atoms with Gasteiger partial charge in [-0.05, 0) is 23.7 Å². The summed E-state index contributed by atoms with van der Waals surface area (Å²) in [5.74, 6) is 0. The molecule has 0 aromatic heterocycles. The van der Waals surface area contributed by atoms with Crippen LogP contribution in [0.3, 0.4) is 0 Å². The Morgan fingerprint density at radius 3 is 2.85 bits per heavy atom. The zero-order valence-electron chi connectivity index (χ0n) is 7.12. The van der Waals surface area contributed by atoms with E-state index in [0.717, 1.165) is 0 Å². The lowest BCUT2D eigenvalue weighted by molar-refractivity contribution is 0.271. The van der Waals surface area contributed by atoms with Gasteiger partial charge in [0.15, 0.2) is 5.29 Å². The zero-order valence-corrected chi connectivity index (χ0v) is 7.88. The van der Waals surface area contributed by atoms with Crippen LogP contribution >= 0.6 is 11.6 Å². The molecule has 0 aliphatic heterocycles. The van der Waals surface area contributed by atoms with Crippen molar-refractivity contribution >= 4 is 28.3 Å². The number of benzene rings is 1. The van der Waals surface area contributed by atoms with Crippen LogP contribution < -0.4 is 11.2 Å². The molecule has 0 heterocycles. The summed E-state index contributed by atoms with van der Waals surface area (Å²) in [6, 6.07) is 7.27. The van der Waals surface area contributed by atoms with Gasteiger partial charge in [-0.2, -0.15) is 0 Å². The largest absolute Gasteiger partial charge is 0.374 e. The molecule has 4 nitrogen and oxygen atoms in total. The minimum atomic E-state index is -0.00893. The molecule has 1 aromatic rings. The van der Waals surface area contributed by atoms with E-state index in [1.807, 2.05) is 18.2 Å². The SMILES string of the molecule is CONc1ccccc1N=C(N)Cl. The summed E-state index contributed by atoms with van der Waals surface area (Å²) in [7, 11) is 1.52. The van der Waals surface area contributed by atoms with Crippen molar-refractivity contribution in [2.24, 2.45) is 10.7 Å². The third kappa shape index (κ3) is 2.93. The van der Waals surface area contributed by atoms with E-state index in [-0.39, 0.29) is 5.29 Å². The van der Waals surface area contributed by atoms with Crippen molar-refractivity contribution in [3.8, 4) is 0 Å². The van der Waals surface area contributed by atoms with E-state index >= 15 is 0 Å². The van der Waals surface area contributed by atoms with Gasteiger partial charge in [0.25, 0.3) is 0 Å². The topological polar surface area (TPSA) is 59.6 Å². The van der Waals surface area contributed by atoms with Gasteiger partial charge in [-0.25, -0.2) is 4.99 Å². The van der Waals surface area contributed by atoms with Gasteiger partial charge in [-0.3, -0.25) is 10.3 Å². The molecule has 0 atom stereocenters. The third-order valence-electron chi connectivity index (χ3n) is 1.34. The fraction of sp³-hybridized carbons (Fsp3) is 0.125. The van der Waals surface area contributed by atoms with Crippen LogP contribution in [0.4, 0.5) is 11.4 Å². The summed E-state index contributed by atoms with van der Waals surface area (Å²) >= 11 is 5.44. The van der Waals surface area contributed by atoms with Crippen LogP contribution in [0.15, 0.2) is 29.3 Å². The summed E-state index contributed by atoms with van der Waals surface area (Å²) in [6.07, 6.45) is 0. The molecule has 0 fully saturated rings. The number of nitrogens with zero attached hydrogens (tertiary/aromatic N) is 1. The Morgan fingerprint density at radius 2 is 2.23 bits per heavy atom. The molecule has 1 aromatic carbocycles. The molecule has 0 aliphatic carbocycles. The predicted molar refractivity (Wildman–Crippen MR) is 54.2 cm³/mol. The van der Waals surface area contributed by atoms with E-state index in [4.69, 9.17) is 22.2 Å². The lowest BCUT2D eigenvalue weighted by Crippen LogP contribution is -2.01. The molecule has 13 heavy (non-hydrogen) atoms. The van der Waals surface area contributed by atoms with Gasteiger partial charge < -0.3 is 5.73 Å². The van der Waals surface area contributed by atoms with Gasteiger partial charge in [0, 0.05) is 0 Å². The van der Waals surface area contributed by atoms with Crippen molar-refractivity contribution in [3.05, 3.63) is 24.3 Å². The molecule has 0 aliphatic rings. The third-order valence-corrected chi connectivity index (χ3v) is 1.43. The maximum absolute atomic E-state index is 5.44. The second kappa shape index (κ2) is 4.69. The lowest BCUT2D eigenvalue weighted by atomic mass is 10.3. The van der Waals surface area contributed by atoms with Crippen LogP contribution in [-0.4, -0.2) is 12.4 Å². The number of rotatable bonds is 3. The highest BCUT2D eigenvalue weighted by atomic mass is 35.5. The molecular formula is C8H10ClN3O. The Morgan fingerprint density at radius 1 is 1.54 bits per heavy atom. The van der Waals surface area contributed by atoms with Gasteiger partial charge in [-0.15, -0.1) is 0 Å². The van der Waals surface area contributed by atoms with Crippen LogP contribution in [0.25, 0.3) is 0 Å². The number of nitrogens with two attached hydrogens (primary N) is 1.